The van der Waals surface area contributed by atoms with Gasteiger partial charge in [-0.1, -0.05) is 162 Å². The molecule has 0 aliphatic heterocycles. The second-order valence-electron chi connectivity index (χ2n) is 12.2. The molecular weight excluding hydrogens is 448 g/mol. The van der Waals surface area contributed by atoms with Gasteiger partial charge in [-0.05, 0) is 32.6 Å². The summed E-state index contributed by atoms with van der Waals surface area (Å²) in [7, 11) is 0. The molecule has 0 aliphatic rings. The molecule has 0 amide bonds. The molecule has 2 nitrogen and oxygen atoms in total. The first-order valence-corrected chi connectivity index (χ1v) is 17.3. The lowest BCUT2D eigenvalue weighted by molar-refractivity contribution is -0.727. The maximum atomic E-state index is 3.69. The van der Waals surface area contributed by atoms with Crippen LogP contribution >= 0.6 is 0 Å². The molecule has 218 valence electrons. The van der Waals surface area contributed by atoms with Crippen molar-refractivity contribution in [3.8, 4) is 0 Å². The van der Waals surface area contributed by atoms with E-state index < -0.39 is 0 Å². The van der Waals surface area contributed by atoms with Crippen LogP contribution in [-0.2, 0) is 0 Å². The summed E-state index contributed by atoms with van der Waals surface area (Å²) in [6.07, 6.45) is 41.3. The first kappa shape index (κ1) is 34.2. The van der Waals surface area contributed by atoms with Gasteiger partial charge in [-0.15, -0.1) is 0 Å². The highest BCUT2D eigenvalue weighted by Crippen LogP contribution is 2.26. The molecule has 1 N–H and O–H groups in total. The number of nitrogens with one attached hydrogen (secondary N) is 1. The van der Waals surface area contributed by atoms with E-state index in [1.54, 1.807) is 0 Å². The highest BCUT2D eigenvalue weighted by atomic mass is 15.1. The Hall–Kier alpha value is -0.790. The molecule has 2 atom stereocenters. The van der Waals surface area contributed by atoms with E-state index in [0.717, 1.165) is 0 Å². The third kappa shape index (κ3) is 18.2. The van der Waals surface area contributed by atoms with E-state index in [4.69, 9.17) is 0 Å². The van der Waals surface area contributed by atoms with Crippen LogP contribution in [0.1, 0.15) is 212 Å². The SMILES string of the molecule is CCCCCCCCCCCCCCC(CCCC)c1[nH]cc[n+]1C(C)CCCCCCCCCCC. The maximum absolute atomic E-state index is 3.69. The lowest BCUT2D eigenvalue weighted by Crippen LogP contribution is -2.41. The van der Waals surface area contributed by atoms with Crippen LogP contribution in [0.2, 0.25) is 0 Å². The average Bonchev–Trinajstić information content (AvgIpc) is 3.40. The van der Waals surface area contributed by atoms with E-state index in [1.165, 1.54) is 173 Å². The van der Waals surface area contributed by atoms with E-state index in [1.807, 2.05) is 0 Å². The normalized spacial score (nSPS) is 13.3. The highest BCUT2D eigenvalue weighted by molar-refractivity contribution is 4.90. The van der Waals surface area contributed by atoms with E-state index in [0.29, 0.717) is 12.0 Å². The van der Waals surface area contributed by atoms with Gasteiger partial charge in [0.15, 0.2) is 0 Å². The minimum Gasteiger partial charge on any atom is -0.247 e. The van der Waals surface area contributed by atoms with Gasteiger partial charge in [-0.3, -0.25) is 0 Å². The summed E-state index contributed by atoms with van der Waals surface area (Å²) in [4.78, 5) is 3.69. The molecule has 0 bridgehead atoms. The largest absolute Gasteiger partial charge is 0.257 e. The number of aromatic amines is 1. The minimum absolute atomic E-state index is 0.622. The molecule has 1 aromatic heterocycles. The van der Waals surface area contributed by atoms with Crippen molar-refractivity contribution in [1.82, 2.24) is 4.98 Å². The molecule has 0 radical (unpaired) electrons. The third-order valence-electron chi connectivity index (χ3n) is 8.64. The number of hydrogen-bond donors (Lipinski definition) is 1. The van der Waals surface area contributed by atoms with Crippen molar-refractivity contribution in [2.75, 3.05) is 0 Å². The first-order valence-electron chi connectivity index (χ1n) is 17.3. The van der Waals surface area contributed by atoms with Crippen LogP contribution in [0, 0.1) is 0 Å². The monoisotopic (exact) mass is 518 g/mol. The molecule has 37 heavy (non-hydrogen) atoms. The van der Waals surface area contributed by atoms with Gasteiger partial charge < -0.3 is 0 Å². The van der Waals surface area contributed by atoms with Gasteiger partial charge in [0, 0.05) is 0 Å². The molecule has 0 fully saturated rings. The van der Waals surface area contributed by atoms with Crippen LogP contribution in [0.5, 0.6) is 0 Å². The summed E-state index contributed by atoms with van der Waals surface area (Å²) >= 11 is 0. The molecular formula is C35H69N2+. The Labute approximate surface area is 234 Å². The molecule has 0 aromatic carbocycles. The number of H-pyrrole nitrogens is 1. The predicted molar refractivity (Wildman–Crippen MR) is 166 cm³/mol. The van der Waals surface area contributed by atoms with Crippen molar-refractivity contribution < 1.29 is 4.57 Å². The van der Waals surface area contributed by atoms with Crippen molar-refractivity contribution in [1.29, 1.82) is 0 Å². The number of aromatic nitrogens is 2. The molecule has 0 spiro atoms. The summed E-state index contributed by atoms with van der Waals surface area (Å²) < 4.78 is 2.60. The zero-order chi connectivity index (χ0) is 26.8. The Kier molecular flexibility index (Phi) is 23.6. The lowest BCUT2D eigenvalue weighted by Gasteiger charge is -2.17. The van der Waals surface area contributed by atoms with Gasteiger partial charge >= 0.3 is 0 Å². The summed E-state index contributed by atoms with van der Waals surface area (Å²) in [6, 6.07) is 0.622. The fourth-order valence-electron chi connectivity index (χ4n) is 6.06. The quantitative estimate of drug-likeness (QED) is 0.0842. The highest BCUT2D eigenvalue weighted by Gasteiger charge is 2.25. The van der Waals surface area contributed by atoms with E-state index in [9.17, 15) is 0 Å². The number of unbranched alkanes of at least 4 members (excludes halogenated alkanes) is 20. The topological polar surface area (TPSA) is 19.7 Å². The Balaban J connectivity index is 2.27. The number of hydrogen-bond acceptors (Lipinski definition) is 0. The Morgan fingerprint density at radius 3 is 1.35 bits per heavy atom. The van der Waals surface area contributed by atoms with Crippen LogP contribution < -0.4 is 4.57 Å². The van der Waals surface area contributed by atoms with E-state index >= 15 is 0 Å². The Bertz CT molecular complexity index is 578. The Morgan fingerprint density at radius 1 is 0.514 bits per heavy atom. The molecule has 1 heterocycles. The molecule has 0 aliphatic carbocycles. The lowest BCUT2D eigenvalue weighted by atomic mass is 9.93. The van der Waals surface area contributed by atoms with Gasteiger partial charge in [0.1, 0.15) is 12.4 Å². The fourth-order valence-corrected chi connectivity index (χ4v) is 6.06. The fraction of sp³-hybridized carbons (Fsp3) is 0.914. The Morgan fingerprint density at radius 2 is 0.892 bits per heavy atom. The van der Waals surface area contributed by atoms with Crippen molar-refractivity contribution >= 4 is 0 Å². The predicted octanol–water partition coefficient (Wildman–Crippen LogP) is 12.1. The molecule has 1 rings (SSSR count). The molecule has 1 aromatic rings. The summed E-state index contributed by atoms with van der Waals surface area (Å²) in [5.74, 6) is 2.23. The average molecular weight is 518 g/mol. The molecule has 0 saturated carbocycles. The van der Waals surface area contributed by atoms with Crippen molar-refractivity contribution in [3.05, 3.63) is 18.2 Å². The second-order valence-corrected chi connectivity index (χ2v) is 12.2. The molecule has 2 unspecified atom stereocenters. The summed E-state index contributed by atoms with van der Waals surface area (Å²) in [5.41, 5.74) is 0. The zero-order valence-electron chi connectivity index (χ0n) is 26.1. The van der Waals surface area contributed by atoms with Crippen molar-refractivity contribution in [3.63, 3.8) is 0 Å². The van der Waals surface area contributed by atoms with Crippen molar-refractivity contribution in [2.45, 2.75) is 207 Å². The summed E-state index contributed by atoms with van der Waals surface area (Å²) in [5, 5.41) is 0. The number of rotatable bonds is 28. The minimum atomic E-state index is 0.622. The van der Waals surface area contributed by atoms with E-state index in [-0.39, 0.29) is 0 Å². The van der Waals surface area contributed by atoms with Gasteiger partial charge in [-0.25, -0.2) is 9.55 Å². The van der Waals surface area contributed by atoms with Gasteiger partial charge in [-0.2, -0.15) is 0 Å². The number of imidazole rings is 1. The van der Waals surface area contributed by atoms with Gasteiger partial charge in [0.05, 0.1) is 12.0 Å². The molecule has 0 saturated heterocycles. The van der Waals surface area contributed by atoms with Crippen LogP contribution in [-0.4, -0.2) is 4.98 Å². The third-order valence-corrected chi connectivity index (χ3v) is 8.64. The maximum Gasteiger partial charge on any atom is 0.257 e. The first-order chi connectivity index (χ1) is 18.2. The smallest absolute Gasteiger partial charge is 0.247 e. The van der Waals surface area contributed by atoms with Gasteiger partial charge in [0.25, 0.3) is 5.82 Å². The second kappa shape index (κ2) is 25.5. The van der Waals surface area contributed by atoms with Crippen LogP contribution in [0.4, 0.5) is 0 Å². The van der Waals surface area contributed by atoms with Crippen molar-refractivity contribution in [2.24, 2.45) is 0 Å². The van der Waals surface area contributed by atoms with Crippen LogP contribution in [0.3, 0.4) is 0 Å². The van der Waals surface area contributed by atoms with E-state index in [2.05, 4.69) is 49.6 Å². The summed E-state index contributed by atoms with van der Waals surface area (Å²) in [6.45, 7) is 9.40. The zero-order valence-corrected chi connectivity index (χ0v) is 26.1. The molecule has 2 heteroatoms. The van der Waals surface area contributed by atoms with Gasteiger partial charge in [0.2, 0.25) is 0 Å². The van der Waals surface area contributed by atoms with Crippen LogP contribution in [0.25, 0.3) is 0 Å². The van der Waals surface area contributed by atoms with Crippen LogP contribution in [0.15, 0.2) is 12.4 Å². The standard InChI is InChI=1S/C35H68N2/c1-5-8-11-13-15-17-18-19-21-23-25-27-30-34(29-10-7-3)35-36-31-32-37(35)33(4)28-26-24-22-20-16-14-12-9-6-2/h31-34H,5-30H2,1-4H3/p+1. The number of nitrogens with zero attached hydrogens (tertiary/aromatic N) is 1.